The van der Waals surface area contributed by atoms with Gasteiger partial charge >= 0.3 is 6.61 Å². The Balaban J connectivity index is 1.69. The summed E-state index contributed by atoms with van der Waals surface area (Å²) in [5.74, 6) is -1.10. The highest BCUT2D eigenvalue weighted by molar-refractivity contribution is 6.03. The van der Waals surface area contributed by atoms with E-state index in [1.54, 1.807) is 4.90 Å². The van der Waals surface area contributed by atoms with Gasteiger partial charge in [0.05, 0.1) is 13.0 Å². The second kappa shape index (κ2) is 8.89. The van der Waals surface area contributed by atoms with Crippen LogP contribution in [0, 0.1) is 5.92 Å². The van der Waals surface area contributed by atoms with Crippen molar-refractivity contribution in [1.82, 2.24) is 0 Å². The van der Waals surface area contributed by atoms with Gasteiger partial charge in [-0.3, -0.25) is 9.59 Å². The third-order valence-corrected chi connectivity index (χ3v) is 4.80. The first kappa shape index (κ1) is 20.6. The van der Waals surface area contributed by atoms with E-state index in [1.807, 2.05) is 31.2 Å². The maximum absolute atomic E-state index is 12.6. The Morgan fingerprint density at radius 1 is 1.21 bits per heavy atom. The van der Waals surface area contributed by atoms with E-state index in [9.17, 15) is 18.4 Å². The largest absolute Gasteiger partial charge is 0.493 e. The minimum absolute atomic E-state index is 0.0813. The van der Waals surface area contributed by atoms with E-state index in [1.165, 1.54) is 25.3 Å². The molecule has 0 saturated carbocycles. The predicted molar refractivity (Wildman–Crippen MR) is 105 cm³/mol. The number of aryl methyl sites for hydroxylation is 1. The van der Waals surface area contributed by atoms with E-state index in [0.29, 0.717) is 0 Å². The van der Waals surface area contributed by atoms with Gasteiger partial charge in [-0.1, -0.05) is 19.1 Å². The van der Waals surface area contributed by atoms with Crippen LogP contribution >= 0.6 is 0 Å². The maximum Gasteiger partial charge on any atom is 0.387 e. The van der Waals surface area contributed by atoms with Gasteiger partial charge in [0.15, 0.2) is 11.5 Å². The van der Waals surface area contributed by atoms with Crippen LogP contribution in [0.15, 0.2) is 42.5 Å². The summed E-state index contributed by atoms with van der Waals surface area (Å²) in [5.41, 5.74) is 2.19. The number of methoxy groups -OCH3 is 1. The van der Waals surface area contributed by atoms with Crippen molar-refractivity contribution < 1.29 is 27.8 Å². The van der Waals surface area contributed by atoms with Crippen LogP contribution in [0.25, 0.3) is 0 Å². The van der Waals surface area contributed by atoms with Crippen LogP contribution in [0.2, 0.25) is 0 Å². The Bertz CT molecular complexity index is 887. The molecule has 2 aromatic rings. The second-order valence-electron chi connectivity index (χ2n) is 6.66. The molecule has 0 aliphatic carbocycles. The molecule has 1 atom stereocenters. The van der Waals surface area contributed by atoms with Crippen molar-refractivity contribution in [2.75, 3.05) is 23.9 Å². The van der Waals surface area contributed by atoms with Crippen LogP contribution in [0.5, 0.6) is 11.5 Å². The van der Waals surface area contributed by atoms with Gasteiger partial charge < -0.3 is 19.7 Å². The molecule has 1 saturated heterocycles. The molecule has 1 heterocycles. The molecule has 0 spiro atoms. The number of rotatable bonds is 7. The van der Waals surface area contributed by atoms with Gasteiger partial charge in [0.1, 0.15) is 0 Å². The van der Waals surface area contributed by atoms with Crippen molar-refractivity contribution in [3.63, 3.8) is 0 Å². The lowest BCUT2D eigenvalue weighted by atomic mass is 10.1. The molecular formula is C21H22F2N2O4. The zero-order valence-corrected chi connectivity index (χ0v) is 16.2. The average Bonchev–Trinajstić information content (AvgIpc) is 3.09. The lowest BCUT2D eigenvalue weighted by molar-refractivity contribution is -0.122. The Morgan fingerprint density at radius 3 is 2.55 bits per heavy atom. The van der Waals surface area contributed by atoms with Crippen molar-refractivity contribution in [3.8, 4) is 11.5 Å². The average molecular weight is 404 g/mol. The number of nitrogens with zero attached hydrogens (tertiary/aromatic N) is 1. The Labute approximate surface area is 167 Å². The standard InChI is InChI=1S/C21H22F2N2O4/c1-3-13-4-7-16(8-5-13)25-12-14(10-19(25)26)20(27)24-15-6-9-17(28-2)18(11-15)29-21(22)23/h4-9,11,14,21H,3,10,12H2,1-2H3,(H,24,27). The first-order chi connectivity index (χ1) is 13.9. The molecule has 1 fully saturated rings. The number of benzene rings is 2. The third-order valence-electron chi connectivity index (χ3n) is 4.80. The molecule has 154 valence electrons. The van der Waals surface area contributed by atoms with Crippen LogP contribution in [-0.2, 0) is 16.0 Å². The van der Waals surface area contributed by atoms with Crippen LogP contribution in [-0.4, -0.2) is 32.1 Å². The second-order valence-corrected chi connectivity index (χ2v) is 6.66. The van der Waals surface area contributed by atoms with Gasteiger partial charge in [-0.25, -0.2) is 0 Å². The van der Waals surface area contributed by atoms with Crippen molar-refractivity contribution in [2.24, 2.45) is 5.92 Å². The van der Waals surface area contributed by atoms with Gasteiger partial charge in [-0.2, -0.15) is 8.78 Å². The molecule has 6 nitrogen and oxygen atoms in total. The van der Waals surface area contributed by atoms with E-state index in [-0.39, 0.29) is 42.0 Å². The first-order valence-corrected chi connectivity index (χ1v) is 9.24. The molecule has 0 bridgehead atoms. The van der Waals surface area contributed by atoms with E-state index in [4.69, 9.17) is 4.74 Å². The molecule has 0 radical (unpaired) electrons. The summed E-state index contributed by atoms with van der Waals surface area (Å²) in [6.07, 6.45) is 0.982. The highest BCUT2D eigenvalue weighted by Gasteiger charge is 2.35. The van der Waals surface area contributed by atoms with Crippen molar-refractivity contribution in [2.45, 2.75) is 26.4 Å². The number of carbonyl (C=O) groups is 2. The van der Waals surface area contributed by atoms with Crippen LogP contribution < -0.4 is 19.7 Å². The number of amides is 2. The summed E-state index contributed by atoms with van der Waals surface area (Å²) in [5, 5.41) is 2.66. The molecule has 1 unspecified atom stereocenters. The number of ether oxygens (including phenoxy) is 2. The van der Waals surface area contributed by atoms with Gasteiger partial charge in [-0.05, 0) is 36.2 Å². The summed E-state index contributed by atoms with van der Waals surface area (Å²) in [6.45, 7) is -0.713. The molecule has 8 heteroatoms. The van der Waals surface area contributed by atoms with Gasteiger partial charge in [0.25, 0.3) is 0 Å². The summed E-state index contributed by atoms with van der Waals surface area (Å²) >= 11 is 0. The molecule has 2 amide bonds. The highest BCUT2D eigenvalue weighted by atomic mass is 19.3. The van der Waals surface area contributed by atoms with E-state index in [2.05, 4.69) is 10.1 Å². The lowest BCUT2D eigenvalue weighted by Gasteiger charge is -2.17. The smallest absolute Gasteiger partial charge is 0.387 e. The van der Waals surface area contributed by atoms with Gasteiger partial charge in [-0.15, -0.1) is 0 Å². The zero-order valence-electron chi connectivity index (χ0n) is 16.2. The molecule has 29 heavy (non-hydrogen) atoms. The van der Waals surface area contributed by atoms with Gasteiger partial charge in [0, 0.05) is 30.4 Å². The van der Waals surface area contributed by atoms with E-state index in [0.717, 1.165) is 17.7 Å². The molecule has 2 aromatic carbocycles. The van der Waals surface area contributed by atoms with E-state index >= 15 is 0 Å². The summed E-state index contributed by atoms with van der Waals surface area (Å²) in [7, 11) is 1.33. The van der Waals surface area contributed by atoms with Crippen molar-refractivity contribution in [1.29, 1.82) is 0 Å². The first-order valence-electron chi connectivity index (χ1n) is 9.24. The van der Waals surface area contributed by atoms with Crippen molar-refractivity contribution in [3.05, 3.63) is 48.0 Å². The number of anilines is 2. The molecule has 1 aliphatic rings. The maximum atomic E-state index is 12.6. The molecular weight excluding hydrogens is 382 g/mol. The van der Waals surface area contributed by atoms with Crippen LogP contribution in [0.3, 0.4) is 0 Å². The summed E-state index contributed by atoms with van der Waals surface area (Å²) < 4.78 is 34.5. The fraction of sp³-hybridized carbons (Fsp3) is 0.333. The molecule has 0 aromatic heterocycles. The number of hydrogen-bond acceptors (Lipinski definition) is 4. The van der Waals surface area contributed by atoms with Crippen molar-refractivity contribution >= 4 is 23.2 Å². The number of carbonyl (C=O) groups excluding carboxylic acids is 2. The quantitative estimate of drug-likeness (QED) is 0.761. The summed E-state index contributed by atoms with van der Waals surface area (Å²) in [6, 6.07) is 11.9. The van der Waals surface area contributed by atoms with Crippen LogP contribution in [0.4, 0.5) is 20.2 Å². The Kier molecular flexibility index (Phi) is 6.31. The monoisotopic (exact) mass is 404 g/mol. The lowest BCUT2D eigenvalue weighted by Crippen LogP contribution is -2.28. The molecule has 1 aliphatic heterocycles. The normalized spacial score (nSPS) is 16.2. The minimum Gasteiger partial charge on any atom is -0.493 e. The fourth-order valence-corrected chi connectivity index (χ4v) is 3.23. The number of nitrogens with one attached hydrogen (secondary N) is 1. The number of alkyl halides is 2. The Hall–Kier alpha value is -3.16. The molecule has 3 rings (SSSR count). The number of halogens is 2. The predicted octanol–water partition coefficient (Wildman–Crippen LogP) is 3.85. The highest BCUT2D eigenvalue weighted by Crippen LogP contribution is 2.32. The minimum atomic E-state index is -3.02. The summed E-state index contributed by atoms with van der Waals surface area (Å²) in [4.78, 5) is 26.6. The fourth-order valence-electron chi connectivity index (χ4n) is 3.23. The topological polar surface area (TPSA) is 67.9 Å². The third kappa shape index (κ3) is 4.82. The Morgan fingerprint density at radius 2 is 1.93 bits per heavy atom. The van der Waals surface area contributed by atoms with Crippen LogP contribution in [0.1, 0.15) is 18.9 Å². The van der Waals surface area contributed by atoms with Gasteiger partial charge in [0.2, 0.25) is 11.8 Å². The molecule has 1 N–H and O–H groups in total. The number of hydrogen-bond donors (Lipinski definition) is 1. The van der Waals surface area contributed by atoms with E-state index < -0.39 is 12.5 Å². The SMILES string of the molecule is CCc1ccc(N2CC(C(=O)Nc3ccc(OC)c(OC(F)F)c3)CC2=O)cc1. The zero-order chi connectivity index (χ0) is 21.0.